The third-order valence-electron chi connectivity index (χ3n) is 9.81. The highest BCUT2D eigenvalue weighted by molar-refractivity contribution is 5.82. The van der Waals surface area contributed by atoms with Gasteiger partial charge in [0.15, 0.2) is 0 Å². The number of ketones is 1. The number of allylic oxidation sites excluding steroid dienone is 6. The summed E-state index contributed by atoms with van der Waals surface area (Å²) in [6, 6.07) is 0. The minimum atomic E-state index is 0.171. The summed E-state index contributed by atoms with van der Waals surface area (Å²) in [6.45, 7) is 30.8. The number of fused-ring (bicyclic) bond motifs is 5. The molecule has 3 saturated carbocycles. The highest BCUT2D eigenvalue weighted by Gasteiger charge is 2.63. The fourth-order valence-corrected chi connectivity index (χ4v) is 8.66. The Labute approximate surface area is 225 Å². The number of carbonyl (C=O) groups excluding carboxylic acids is 1. The van der Waals surface area contributed by atoms with Crippen LogP contribution in [0.2, 0.25) is 0 Å². The van der Waals surface area contributed by atoms with E-state index < -0.39 is 0 Å². The van der Waals surface area contributed by atoms with Gasteiger partial charge in [-0.2, -0.15) is 0 Å². The maximum absolute atomic E-state index is 13.5. The van der Waals surface area contributed by atoms with Gasteiger partial charge in [-0.25, -0.2) is 0 Å². The lowest BCUT2D eigenvalue weighted by molar-refractivity contribution is -0.132. The van der Waals surface area contributed by atoms with Crippen molar-refractivity contribution in [3.63, 3.8) is 0 Å². The van der Waals surface area contributed by atoms with E-state index in [4.69, 9.17) is 0 Å². The lowest BCUT2D eigenvalue weighted by Crippen LogP contribution is -2.53. The topological polar surface area (TPSA) is 17.1 Å². The molecular formula is C35H58O. The summed E-state index contributed by atoms with van der Waals surface area (Å²) in [6.07, 6.45) is 14.6. The molecule has 0 radical (unpaired) electrons. The quantitative estimate of drug-likeness (QED) is 0.347. The van der Waals surface area contributed by atoms with Crippen molar-refractivity contribution >= 4 is 5.78 Å². The first kappa shape index (κ1) is 30.9. The molecule has 0 aromatic carbocycles. The molecular weight excluding hydrogens is 436 g/mol. The van der Waals surface area contributed by atoms with Gasteiger partial charge in [-0.05, 0) is 85.0 Å². The molecule has 8 unspecified atom stereocenters. The van der Waals surface area contributed by atoms with Crippen LogP contribution in [-0.2, 0) is 4.79 Å². The molecule has 0 aromatic rings. The van der Waals surface area contributed by atoms with Crippen molar-refractivity contribution in [2.24, 2.45) is 52.3 Å². The Hall–Kier alpha value is -1.37. The summed E-state index contributed by atoms with van der Waals surface area (Å²) >= 11 is 0. The second-order valence-electron chi connectivity index (χ2n) is 13.4. The van der Waals surface area contributed by atoms with Crippen LogP contribution in [0.25, 0.3) is 0 Å². The molecule has 4 aliphatic carbocycles. The Morgan fingerprint density at radius 3 is 2.31 bits per heavy atom. The monoisotopic (exact) mass is 494 g/mol. The van der Waals surface area contributed by atoms with Gasteiger partial charge in [0.1, 0.15) is 5.78 Å². The fourth-order valence-electron chi connectivity index (χ4n) is 8.66. The molecule has 4 rings (SSSR count). The average molecular weight is 495 g/mol. The molecule has 0 heterocycles. The number of carbonyl (C=O) groups is 1. The van der Waals surface area contributed by atoms with Crippen molar-refractivity contribution in [3.8, 4) is 0 Å². The molecule has 0 N–H and O–H groups in total. The van der Waals surface area contributed by atoms with E-state index >= 15 is 0 Å². The summed E-state index contributed by atoms with van der Waals surface area (Å²) in [7, 11) is 0. The van der Waals surface area contributed by atoms with Gasteiger partial charge in [0.05, 0.1) is 0 Å². The third-order valence-corrected chi connectivity index (χ3v) is 9.81. The molecule has 1 heteroatoms. The van der Waals surface area contributed by atoms with Gasteiger partial charge in [-0.15, -0.1) is 0 Å². The van der Waals surface area contributed by atoms with E-state index in [1.807, 2.05) is 13.8 Å². The van der Waals surface area contributed by atoms with Crippen LogP contribution in [0.1, 0.15) is 114 Å². The summed E-state index contributed by atoms with van der Waals surface area (Å²) < 4.78 is 0. The minimum Gasteiger partial charge on any atom is -0.299 e. The Kier molecular flexibility index (Phi) is 10.7. The Balaban J connectivity index is 0.000000694. The van der Waals surface area contributed by atoms with Gasteiger partial charge in [0.2, 0.25) is 0 Å². The standard InChI is InChI=1S/C29H42O.C4H10.C2H6/c1-8-18(2)9-12-25(30)27-20(4)16-24-23-11-10-22-15-19(3)13-14-28(22,6)26(23)21(5)17-29(24,27)7;1-4(2)3;1-2/h13-15,20-21,23-24,26-27H,2-3,8-12,16-17H2,1,4-7H3;4H,1-3H3;1-2H3. The molecule has 0 aliphatic heterocycles. The first-order chi connectivity index (χ1) is 16.8. The molecule has 36 heavy (non-hydrogen) atoms. The second-order valence-corrected chi connectivity index (χ2v) is 13.4. The van der Waals surface area contributed by atoms with Gasteiger partial charge in [-0.3, -0.25) is 4.79 Å². The molecule has 204 valence electrons. The summed E-state index contributed by atoms with van der Waals surface area (Å²) in [5.74, 6) is 4.87. The number of hydrogen-bond donors (Lipinski definition) is 0. The normalized spacial score (nSPS) is 38.4. The summed E-state index contributed by atoms with van der Waals surface area (Å²) in [5.41, 5.74) is 4.32. The third kappa shape index (κ3) is 6.02. The highest BCUT2D eigenvalue weighted by Crippen LogP contribution is 2.68. The molecule has 1 nitrogen and oxygen atoms in total. The van der Waals surface area contributed by atoms with Crippen LogP contribution >= 0.6 is 0 Å². The SMILES string of the molecule is C=C1C=CC2(C)C(=C1)CCC1C2C(C)CC2(C)C1CC(C)C2C(=O)CCC(=C)CC.CC.CC(C)C. The van der Waals surface area contributed by atoms with Crippen molar-refractivity contribution < 1.29 is 4.79 Å². The van der Waals surface area contributed by atoms with E-state index in [-0.39, 0.29) is 16.7 Å². The summed E-state index contributed by atoms with van der Waals surface area (Å²) in [5, 5.41) is 0. The zero-order chi connectivity index (χ0) is 27.4. The van der Waals surface area contributed by atoms with Crippen molar-refractivity contribution in [1.29, 1.82) is 0 Å². The van der Waals surface area contributed by atoms with E-state index in [0.29, 0.717) is 35.9 Å². The zero-order valence-corrected chi connectivity index (χ0v) is 25.5. The van der Waals surface area contributed by atoms with Gasteiger partial charge >= 0.3 is 0 Å². The fraction of sp³-hybridized carbons (Fsp3) is 0.743. The van der Waals surface area contributed by atoms with E-state index in [1.165, 1.54) is 31.3 Å². The van der Waals surface area contributed by atoms with Crippen LogP contribution in [0, 0.1) is 52.3 Å². The van der Waals surface area contributed by atoms with Gasteiger partial charge in [0, 0.05) is 17.8 Å². The van der Waals surface area contributed by atoms with Crippen LogP contribution in [0.15, 0.2) is 48.1 Å². The molecule has 0 aromatic heterocycles. The predicted octanol–water partition coefficient (Wildman–Crippen LogP) is 10.4. The molecule has 4 aliphatic rings. The van der Waals surface area contributed by atoms with Crippen LogP contribution in [0.4, 0.5) is 0 Å². The van der Waals surface area contributed by atoms with E-state index in [2.05, 4.69) is 86.8 Å². The number of rotatable bonds is 5. The van der Waals surface area contributed by atoms with Crippen molar-refractivity contribution in [2.45, 2.75) is 114 Å². The van der Waals surface area contributed by atoms with Crippen molar-refractivity contribution in [2.75, 3.05) is 0 Å². The van der Waals surface area contributed by atoms with Crippen LogP contribution in [0.3, 0.4) is 0 Å². The largest absolute Gasteiger partial charge is 0.299 e. The maximum Gasteiger partial charge on any atom is 0.137 e. The molecule has 0 spiro atoms. The van der Waals surface area contributed by atoms with E-state index in [1.54, 1.807) is 5.57 Å². The lowest BCUT2D eigenvalue weighted by Gasteiger charge is -2.59. The van der Waals surface area contributed by atoms with Gasteiger partial charge < -0.3 is 0 Å². The average Bonchev–Trinajstić information content (AvgIpc) is 3.08. The molecule has 0 amide bonds. The van der Waals surface area contributed by atoms with Crippen LogP contribution in [-0.4, -0.2) is 5.78 Å². The molecule has 8 atom stereocenters. The van der Waals surface area contributed by atoms with Crippen molar-refractivity contribution in [1.82, 2.24) is 0 Å². The predicted molar refractivity (Wildman–Crippen MR) is 159 cm³/mol. The summed E-state index contributed by atoms with van der Waals surface area (Å²) in [4.78, 5) is 13.5. The first-order valence-electron chi connectivity index (χ1n) is 15.1. The minimum absolute atomic E-state index is 0.171. The molecule has 3 fully saturated rings. The van der Waals surface area contributed by atoms with Crippen molar-refractivity contribution in [3.05, 3.63) is 48.1 Å². The Bertz CT molecular complexity index is 853. The Morgan fingerprint density at radius 1 is 1.11 bits per heavy atom. The maximum atomic E-state index is 13.5. The first-order valence-corrected chi connectivity index (χ1v) is 15.1. The van der Waals surface area contributed by atoms with Gasteiger partial charge in [-0.1, -0.05) is 112 Å². The second kappa shape index (κ2) is 12.4. The lowest BCUT2D eigenvalue weighted by atomic mass is 9.45. The number of Topliss-reactive ketones (excluding diaryl/α,β-unsaturated/α-hetero) is 1. The van der Waals surface area contributed by atoms with E-state index in [0.717, 1.165) is 30.3 Å². The van der Waals surface area contributed by atoms with Gasteiger partial charge in [0.25, 0.3) is 0 Å². The highest BCUT2D eigenvalue weighted by atomic mass is 16.1. The molecule has 0 saturated heterocycles. The van der Waals surface area contributed by atoms with Crippen LogP contribution < -0.4 is 0 Å². The van der Waals surface area contributed by atoms with Crippen LogP contribution in [0.5, 0.6) is 0 Å². The Morgan fingerprint density at radius 2 is 1.72 bits per heavy atom. The zero-order valence-electron chi connectivity index (χ0n) is 25.5. The molecule has 0 bridgehead atoms. The number of hydrogen-bond acceptors (Lipinski definition) is 1. The smallest absolute Gasteiger partial charge is 0.137 e. The van der Waals surface area contributed by atoms with E-state index in [9.17, 15) is 4.79 Å².